The van der Waals surface area contributed by atoms with Gasteiger partial charge in [0, 0.05) is 24.2 Å². The minimum Gasteiger partial charge on any atom is -0.356 e. The molecule has 0 amide bonds. The van der Waals surface area contributed by atoms with Gasteiger partial charge in [-0.25, -0.2) is 9.97 Å². The minimum atomic E-state index is 0.431. The van der Waals surface area contributed by atoms with E-state index in [1.807, 2.05) is 12.1 Å². The molecule has 0 saturated carbocycles. The fourth-order valence-electron chi connectivity index (χ4n) is 2.73. The summed E-state index contributed by atoms with van der Waals surface area (Å²) in [4.78, 5) is 10.8. The van der Waals surface area contributed by atoms with Crippen LogP contribution in [0.1, 0.15) is 24.0 Å². The molecule has 0 aliphatic carbocycles. The summed E-state index contributed by atoms with van der Waals surface area (Å²) in [7, 11) is 0. The molecular formula is C15H15BrClN3. The Labute approximate surface area is 132 Å². The molecule has 104 valence electrons. The van der Waals surface area contributed by atoms with Crippen LogP contribution in [0.25, 0.3) is 0 Å². The fourth-order valence-corrected chi connectivity index (χ4v) is 3.21. The highest BCUT2D eigenvalue weighted by Gasteiger charge is 2.21. The molecule has 0 radical (unpaired) electrons. The van der Waals surface area contributed by atoms with E-state index in [4.69, 9.17) is 11.6 Å². The van der Waals surface area contributed by atoms with Crippen LogP contribution in [0.2, 0.25) is 5.02 Å². The lowest BCUT2D eigenvalue weighted by atomic mass is 9.95. The van der Waals surface area contributed by atoms with Gasteiger partial charge >= 0.3 is 0 Å². The molecule has 1 aliphatic rings. The predicted octanol–water partition coefficient (Wildman–Crippen LogP) is 4.06. The molecule has 1 atom stereocenters. The molecule has 2 aromatic rings. The van der Waals surface area contributed by atoms with Crippen LogP contribution in [0.15, 0.2) is 35.2 Å². The van der Waals surface area contributed by atoms with Gasteiger partial charge in [-0.05, 0) is 51.5 Å². The average molecular weight is 353 g/mol. The zero-order valence-corrected chi connectivity index (χ0v) is 13.5. The van der Waals surface area contributed by atoms with Crippen molar-refractivity contribution in [3.63, 3.8) is 0 Å². The highest BCUT2D eigenvalue weighted by atomic mass is 79.9. The van der Waals surface area contributed by atoms with Crippen molar-refractivity contribution in [2.45, 2.75) is 19.3 Å². The Hall–Kier alpha value is -1.13. The summed E-state index contributed by atoms with van der Waals surface area (Å²) >= 11 is 9.54. The second kappa shape index (κ2) is 5.70. The molecule has 0 bridgehead atoms. The molecule has 0 fully saturated rings. The number of halogens is 2. The maximum absolute atomic E-state index is 6.13. The van der Waals surface area contributed by atoms with Gasteiger partial charge in [-0.15, -0.1) is 0 Å². The molecular weight excluding hydrogens is 338 g/mol. The smallest absolute Gasteiger partial charge is 0.133 e. The molecule has 0 spiro atoms. The molecule has 1 aromatic carbocycles. The predicted molar refractivity (Wildman–Crippen MR) is 85.5 cm³/mol. The van der Waals surface area contributed by atoms with Crippen LogP contribution in [-0.2, 0) is 6.42 Å². The van der Waals surface area contributed by atoms with Gasteiger partial charge < -0.3 is 4.90 Å². The lowest BCUT2D eigenvalue weighted by Gasteiger charge is -2.24. The Balaban J connectivity index is 1.90. The lowest BCUT2D eigenvalue weighted by molar-refractivity contribution is 0.706. The first-order chi connectivity index (χ1) is 9.63. The SMILES string of the molecule is C[C@H]1CN(c2cc(Br)ncn2)CCc2ccc(Cl)cc21. The van der Waals surface area contributed by atoms with E-state index in [-0.39, 0.29) is 0 Å². The van der Waals surface area contributed by atoms with Crippen molar-refractivity contribution in [1.29, 1.82) is 0 Å². The van der Waals surface area contributed by atoms with Crippen LogP contribution >= 0.6 is 27.5 Å². The molecule has 0 N–H and O–H groups in total. The molecule has 2 heterocycles. The Bertz CT molecular complexity index is 632. The largest absolute Gasteiger partial charge is 0.356 e. The zero-order valence-electron chi connectivity index (χ0n) is 11.2. The van der Waals surface area contributed by atoms with Gasteiger partial charge in [-0.2, -0.15) is 0 Å². The summed E-state index contributed by atoms with van der Waals surface area (Å²) in [6.45, 7) is 4.14. The molecule has 1 aromatic heterocycles. The number of benzene rings is 1. The highest BCUT2D eigenvalue weighted by Crippen LogP contribution is 2.29. The van der Waals surface area contributed by atoms with Gasteiger partial charge in [0.1, 0.15) is 16.7 Å². The number of anilines is 1. The van der Waals surface area contributed by atoms with Crippen LogP contribution in [0.3, 0.4) is 0 Å². The normalized spacial score (nSPS) is 18.6. The molecule has 5 heteroatoms. The standard InChI is InChI=1S/C15H15BrClN3/c1-10-8-20(15-7-14(16)18-9-19-15)5-4-11-2-3-12(17)6-13(10)11/h2-3,6-7,9-10H,4-5,8H2,1H3/t10-/m0/s1. The summed E-state index contributed by atoms with van der Waals surface area (Å²) in [6, 6.07) is 8.19. The third-order valence-corrected chi connectivity index (χ3v) is 4.40. The first-order valence-electron chi connectivity index (χ1n) is 6.64. The monoisotopic (exact) mass is 351 g/mol. The van der Waals surface area contributed by atoms with E-state index in [0.717, 1.165) is 35.0 Å². The van der Waals surface area contributed by atoms with Crippen LogP contribution in [-0.4, -0.2) is 23.1 Å². The van der Waals surface area contributed by atoms with Crippen molar-refractivity contribution in [2.24, 2.45) is 0 Å². The van der Waals surface area contributed by atoms with Gasteiger partial charge in [-0.1, -0.05) is 24.6 Å². The Morgan fingerprint density at radius 3 is 2.95 bits per heavy atom. The van der Waals surface area contributed by atoms with E-state index in [1.165, 1.54) is 11.1 Å². The Morgan fingerprint density at radius 1 is 1.30 bits per heavy atom. The van der Waals surface area contributed by atoms with Crippen LogP contribution in [0.5, 0.6) is 0 Å². The van der Waals surface area contributed by atoms with Crippen molar-refractivity contribution in [3.8, 4) is 0 Å². The van der Waals surface area contributed by atoms with Crippen molar-refractivity contribution in [3.05, 3.63) is 51.3 Å². The van der Waals surface area contributed by atoms with Crippen molar-refractivity contribution in [1.82, 2.24) is 9.97 Å². The van der Waals surface area contributed by atoms with Crippen LogP contribution < -0.4 is 4.90 Å². The maximum Gasteiger partial charge on any atom is 0.133 e. The van der Waals surface area contributed by atoms with Gasteiger partial charge in [0.05, 0.1) is 0 Å². The number of hydrogen-bond acceptors (Lipinski definition) is 3. The van der Waals surface area contributed by atoms with Crippen molar-refractivity contribution in [2.75, 3.05) is 18.0 Å². The maximum atomic E-state index is 6.13. The molecule has 3 rings (SSSR count). The Kier molecular flexibility index (Phi) is 3.94. The third-order valence-electron chi connectivity index (χ3n) is 3.73. The molecule has 3 nitrogen and oxygen atoms in total. The molecule has 0 saturated heterocycles. The summed E-state index contributed by atoms with van der Waals surface area (Å²) < 4.78 is 0.819. The third kappa shape index (κ3) is 2.81. The summed E-state index contributed by atoms with van der Waals surface area (Å²) in [5, 5.41) is 0.814. The second-order valence-electron chi connectivity index (χ2n) is 5.14. The summed E-state index contributed by atoms with van der Waals surface area (Å²) in [6.07, 6.45) is 2.61. The number of nitrogens with zero attached hydrogens (tertiary/aromatic N) is 3. The second-order valence-corrected chi connectivity index (χ2v) is 6.39. The number of hydrogen-bond donors (Lipinski definition) is 0. The number of aromatic nitrogens is 2. The van der Waals surface area contributed by atoms with Crippen LogP contribution in [0.4, 0.5) is 5.82 Å². The highest BCUT2D eigenvalue weighted by molar-refractivity contribution is 9.10. The van der Waals surface area contributed by atoms with Gasteiger partial charge in [0.15, 0.2) is 0 Å². The van der Waals surface area contributed by atoms with Crippen LogP contribution in [0, 0.1) is 0 Å². The molecule has 20 heavy (non-hydrogen) atoms. The van der Waals surface area contributed by atoms with Crippen molar-refractivity contribution < 1.29 is 0 Å². The van der Waals surface area contributed by atoms with E-state index in [2.05, 4.69) is 49.9 Å². The number of fused-ring (bicyclic) bond motifs is 1. The minimum absolute atomic E-state index is 0.431. The van der Waals surface area contributed by atoms with E-state index in [1.54, 1.807) is 6.33 Å². The van der Waals surface area contributed by atoms with Crippen molar-refractivity contribution >= 4 is 33.3 Å². The van der Waals surface area contributed by atoms with Gasteiger partial charge in [0.2, 0.25) is 0 Å². The summed E-state index contributed by atoms with van der Waals surface area (Å²) in [5.41, 5.74) is 2.74. The first-order valence-corrected chi connectivity index (χ1v) is 7.81. The molecule has 0 unspecified atom stereocenters. The number of rotatable bonds is 1. The topological polar surface area (TPSA) is 29.0 Å². The van der Waals surface area contributed by atoms with E-state index >= 15 is 0 Å². The van der Waals surface area contributed by atoms with E-state index < -0.39 is 0 Å². The average Bonchev–Trinajstić information content (AvgIpc) is 2.59. The lowest BCUT2D eigenvalue weighted by Crippen LogP contribution is -2.28. The van der Waals surface area contributed by atoms with Gasteiger partial charge in [-0.3, -0.25) is 0 Å². The molecule has 1 aliphatic heterocycles. The fraction of sp³-hybridized carbons (Fsp3) is 0.333. The van der Waals surface area contributed by atoms with E-state index in [9.17, 15) is 0 Å². The zero-order chi connectivity index (χ0) is 14.1. The van der Waals surface area contributed by atoms with E-state index in [0.29, 0.717) is 5.92 Å². The quantitative estimate of drug-likeness (QED) is 0.725. The van der Waals surface area contributed by atoms with Gasteiger partial charge in [0.25, 0.3) is 0 Å². The Morgan fingerprint density at radius 2 is 2.15 bits per heavy atom. The first kappa shape index (κ1) is 13.8. The summed E-state index contributed by atoms with van der Waals surface area (Å²) in [5.74, 6) is 1.40.